The summed E-state index contributed by atoms with van der Waals surface area (Å²) in [5.74, 6) is 0.425. The maximum Gasteiger partial charge on any atom is 0.248 e. The molecule has 0 radical (unpaired) electrons. The molecule has 9 heteroatoms. The summed E-state index contributed by atoms with van der Waals surface area (Å²) in [5, 5.41) is 3.68. The van der Waals surface area contributed by atoms with E-state index in [4.69, 9.17) is 4.52 Å². The van der Waals surface area contributed by atoms with Gasteiger partial charge in [0.25, 0.3) is 0 Å². The maximum absolute atomic E-state index is 12.6. The lowest BCUT2D eigenvalue weighted by molar-refractivity contribution is 0.288. The van der Waals surface area contributed by atoms with Crippen LogP contribution >= 0.6 is 0 Å². The second-order valence-corrected chi connectivity index (χ2v) is 9.65. The molecule has 0 N–H and O–H groups in total. The molecule has 21 heavy (non-hydrogen) atoms. The summed E-state index contributed by atoms with van der Waals surface area (Å²) >= 11 is 0. The minimum Gasteiger partial charge on any atom is -0.360 e. The van der Waals surface area contributed by atoms with Gasteiger partial charge in [-0.25, -0.2) is 16.8 Å². The Bertz CT molecular complexity index is 693. The van der Waals surface area contributed by atoms with Crippen LogP contribution in [0.4, 0.5) is 0 Å². The third-order valence-corrected chi connectivity index (χ3v) is 6.90. The molecule has 2 rings (SSSR count). The number of piperidine rings is 1. The summed E-state index contributed by atoms with van der Waals surface area (Å²) in [4.78, 5) is 0.129. The number of aryl methyl sites for hydroxylation is 2. The highest BCUT2D eigenvalue weighted by Crippen LogP contribution is 2.27. The van der Waals surface area contributed by atoms with Crippen molar-refractivity contribution in [2.75, 3.05) is 25.1 Å². The summed E-state index contributed by atoms with van der Waals surface area (Å²) in [5.41, 5.74) is 0.353. The van der Waals surface area contributed by atoms with Crippen molar-refractivity contribution in [1.29, 1.82) is 0 Å². The summed E-state index contributed by atoms with van der Waals surface area (Å²) in [6.07, 6.45) is 2.31. The molecule has 1 aromatic heterocycles. The van der Waals surface area contributed by atoms with Crippen molar-refractivity contribution >= 4 is 19.9 Å². The van der Waals surface area contributed by atoms with Gasteiger partial charge in [0.2, 0.25) is 10.0 Å². The fourth-order valence-corrected chi connectivity index (χ4v) is 5.67. The fraction of sp³-hybridized carbons (Fsp3) is 0.750. The molecule has 7 nitrogen and oxygen atoms in total. The maximum atomic E-state index is 12.6. The van der Waals surface area contributed by atoms with Crippen molar-refractivity contribution in [2.24, 2.45) is 5.92 Å². The van der Waals surface area contributed by atoms with Crippen LogP contribution in [0, 0.1) is 19.8 Å². The average molecular weight is 336 g/mol. The van der Waals surface area contributed by atoms with Crippen molar-refractivity contribution in [3.63, 3.8) is 0 Å². The molecule has 1 saturated heterocycles. The molecule has 0 aliphatic carbocycles. The first-order valence-electron chi connectivity index (χ1n) is 6.72. The van der Waals surface area contributed by atoms with E-state index in [0.717, 1.165) is 0 Å². The van der Waals surface area contributed by atoms with Crippen LogP contribution in [-0.2, 0) is 19.9 Å². The SMILES string of the molecule is Cc1noc(C)c1S(=O)(=O)N1CCC(CS(C)(=O)=O)CC1. The number of hydrogen-bond acceptors (Lipinski definition) is 6. The summed E-state index contributed by atoms with van der Waals surface area (Å²) < 4.78 is 54.1. The van der Waals surface area contributed by atoms with Crippen molar-refractivity contribution < 1.29 is 21.4 Å². The number of hydrogen-bond donors (Lipinski definition) is 0. The van der Waals surface area contributed by atoms with Crippen LogP contribution in [0.1, 0.15) is 24.3 Å². The van der Waals surface area contributed by atoms with Crippen LogP contribution in [-0.4, -0.2) is 51.4 Å². The third-order valence-electron chi connectivity index (χ3n) is 3.68. The predicted molar refractivity (Wildman–Crippen MR) is 77.2 cm³/mol. The van der Waals surface area contributed by atoms with Gasteiger partial charge in [-0.1, -0.05) is 5.16 Å². The van der Waals surface area contributed by atoms with E-state index in [0.29, 0.717) is 31.6 Å². The fourth-order valence-electron chi connectivity index (χ4n) is 2.72. The molecule has 0 atom stereocenters. The monoisotopic (exact) mass is 336 g/mol. The summed E-state index contributed by atoms with van der Waals surface area (Å²) in [6, 6.07) is 0. The Balaban J connectivity index is 2.12. The van der Waals surface area contributed by atoms with Crippen molar-refractivity contribution in [3.05, 3.63) is 11.5 Å². The van der Waals surface area contributed by atoms with Gasteiger partial charge in [-0.3, -0.25) is 0 Å². The second kappa shape index (κ2) is 5.69. The van der Waals surface area contributed by atoms with E-state index in [1.54, 1.807) is 13.8 Å². The normalized spacial score (nSPS) is 19.0. The average Bonchev–Trinajstić information content (AvgIpc) is 2.68. The number of aromatic nitrogens is 1. The standard InChI is InChI=1S/C12H20N2O5S2/c1-9-12(10(2)19-13-9)21(17,18)14-6-4-11(5-7-14)8-20(3,15)16/h11H,4-8H2,1-3H3. The largest absolute Gasteiger partial charge is 0.360 e. The molecule has 0 spiro atoms. The predicted octanol–water partition coefficient (Wildman–Crippen LogP) is 0.737. The molecular weight excluding hydrogens is 316 g/mol. The van der Waals surface area contributed by atoms with Gasteiger partial charge in [0.1, 0.15) is 20.4 Å². The van der Waals surface area contributed by atoms with Gasteiger partial charge in [-0.15, -0.1) is 0 Å². The van der Waals surface area contributed by atoms with Crippen LogP contribution in [0.25, 0.3) is 0 Å². The highest BCUT2D eigenvalue weighted by Gasteiger charge is 2.34. The molecule has 2 heterocycles. The Kier molecular flexibility index (Phi) is 4.46. The molecule has 0 aromatic carbocycles. The Labute approximate surface area is 125 Å². The number of sulfone groups is 1. The molecule has 0 saturated carbocycles. The lowest BCUT2D eigenvalue weighted by Gasteiger charge is -2.30. The Hall–Kier alpha value is -0.930. The second-order valence-electron chi connectivity index (χ2n) is 5.59. The van der Waals surface area contributed by atoms with Gasteiger partial charge < -0.3 is 4.52 Å². The van der Waals surface area contributed by atoms with E-state index in [1.807, 2.05) is 0 Å². The van der Waals surface area contributed by atoms with Gasteiger partial charge in [0, 0.05) is 19.3 Å². The molecule has 1 fully saturated rings. The molecule has 120 valence electrons. The van der Waals surface area contributed by atoms with Gasteiger partial charge in [0.05, 0.1) is 5.75 Å². The summed E-state index contributed by atoms with van der Waals surface area (Å²) in [6.45, 7) is 3.82. The van der Waals surface area contributed by atoms with Crippen LogP contribution < -0.4 is 0 Å². The minimum absolute atomic E-state index is 0.0242. The third kappa shape index (κ3) is 3.64. The highest BCUT2D eigenvalue weighted by atomic mass is 32.2. The van der Waals surface area contributed by atoms with Crippen LogP contribution in [0.3, 0.4) is 0 Å². The van der Waals surface area contributed by atoms with Gasteiger partial charge >= 0.3 is 0 Å². The van der Waals surface area contributed by atoms with Crippen LogP contribution in [0.2, 0.25) is 0 Å². The first-order valence-corrected chi connectivity index (χ1v) is 10.2. The molecule has 0 amide bonds. The van der Waals surface area contributed by atoms with E-state index in [1.165, 1.54) is 10.6 Å². The molecule has 1 aromatic rings. The molecular formula is C12H20N2O5S2. The zero-order valence-corrected chi connectivity index (χ0v) is 14.0. The van der Waals surface area contributed by atoms with E-state index in [9.17, 15) is 16.8 Å². The first kappa shape index (κ1) is 16.4. The van der Waals surface area contributed by atoms with Gasteiger partial charge in [-0.2, -0.15) is 4.31 Å². The van der Waals surface area contributed by atoms with E-state index >= 15 is 0 Å². The van der Waals surface area contributed by atoms with Gasteiger partial charge in [0.15, 0.2) is 5.76 Å². The van der Waals surface area contributed by atoms with Crippen molar-refractivity contribution in [3.8, 4) is 0 Å². The summed E-state index contributed by atoms with van der Waals surface area (Å²) in [7, 11) is -6.65. The number of nitrogens with zero attached hydrogens (tertiary/aromatic N) is 2. The van der Waals surface area contributed by atoms with E-state index in [2.05, 4.69) is 5.16 Å². The molecule has 0 bridgehead atoms. The minimum atomic E-state index is -3.62. The van der Waals surface area contributed by atoms with Crippen LogP contribution in [0.15, 0.2) is 9.42 Å². The zero-order chi connectivity index (χ0) is 15.8. The van der Waals surface area contributed by atoms with E-state index < -0.39 is 19.9 Å². The Morgan fingerprint density at radius 1 is 1.19 bits per heavy atom. The van der Waals surface area contributed by atoms with Crippen molar-refractivity contribution in [2.45, 2.75) is 31.6 Å². The van der Waals surface area contributed by atoms with Gasteiger partial charge in [-0.05, 0) is 32.6 Å². The topological polar surface area (TPSA) is 97.6 Å². The Morgan fingerprint density at radius 2 is 1.76 bits per heavy atom. The first-order chi connectivity index (χ1) is 9.61. The van der Waals surface area contributed by atoms with E-state index in [-0.39, 0.29) is 22.3 Å². The lowest BCUT2D eigenvalue weighted by atomic mass is 10.0. The highest BCUT2D eigenvalue weighted by molar-refractivity contribution is 7.90. The molecule has 0 unspecified atom stereocenters. The molecule has 1 aliphatic rings. The quantitative estimate of drug-likeness (QED) is 0.804. The van der Waals surface area contributed by atoms with Crippen molar-refractivity contribution in [1.82, 2.24) is 9.46 Å². The number of sulfonamides is 1. The molecule has 1 aliphatic heterocycles. The zero-order valence-electron chi connectivity index (χ0n) is 12.4. The number of rotatable bonds is 4. The lowest BCUT2D eigenvalue weighted by Crippen LogP contribution is -2.40. The Morgan fingerprint density at radius 3 is 2.19 bits per heavy atom. The van der Waals surface area contributed by atoms with Crippen LogP contribution in [0.5, 0.6) is 0 Å². The smallest absolute Gasteiger partial charge is 0.248 e.